The Kier molecular flexibility index (Phi) is 3.19. The van der Waals surface area contributed by atoms with Crippen LogP contribution in [-0.4, -0.2) is 22.8 Å². The van der Waals surface area contributed by atoms with E-state index in [0.717, 1.165) is 0 Å². The first-order valence-corrected chi connectivity index (χ1v) is 5.64. The van der Waals surface area contributed by atoms with Gasteiger partial charge < -0.3 is 9.52 Å². The number of alkyl halides is 2. The molecule has 6 heteroatoms. The number of furan rings is 1. The summed E-state index contributed by atoms with van der Waals surface area (Å²) in [6.45, 7) is 0. The number of rotatable bonds is 3. The maximum absolute atomic E-state index is 12.9. The molecule has 1 saturated carbocycles. The van der Waals surface area contributed by atoms with Crippen molar-refractivity contribution in [3.05, 3.63) is 23.7 Å². The molecule has 4 nitrogen and oxygen atoms in total. The molecule has 98 valence electrons. The molecular formula is C12H12F2O4. The van der Waals surface area contributed by atoms with Crippen molar-refractivity contribution in [2.45, 2.75) is 31.6 Å². The third-order valence-electron chi connectivity index (χ3n) is 3.15. The van der Waals surface area contributed by atoms with Gasteiger partial charge in [0.15, 0.2) is 5.76 Å². The number of carbonyl (C=O) groups is 2. The third kappa shape index (κ3) is 2.57. The molecule has 0 aliphatic heterocycles. The molecule has 0 spiro atoms. The van der Waals surface area contributed by atoms with Gasteiger partial charge in [-0.3, -0.25) is 4.79 Å². The molecular weight excluding hydrogens is 246 g/mol. The average molecular weight is 258 g/mol. The first-order chi connectivity index (χ1) is 8.39. The number of aromatic carboxylic acids is 1. The highest BCUT2D eigenvalue weighted by Crippen LogP contribution is 2.37. The van der Waals surface area contributed by atoms with Crippen LogP contribution in [0, 0.1) is 5.92 Å². The molecule has 0 radical (unpaired) electrons. The molecule has 0 atom stereocenters. The largest absolute Gasteiger partial charge is 0.475 e. The summed E-state index contributed by atoms with van der Waals surface area (Å²) >= 11 is 0. The highest BCUT2D eigenvalue weighted by atomic mass is 19.3. The molecule has 0 aromatic carbocycles. The van der Waals surface area contributed by atoms with E-state index >= 15 is 0 Å². The third-order valence-corrected chi connectivity index (χ3v) is 3.15. The molecule has 1 fully saturated rings. The van der Waals surface area contributed by atoms with Gasteiger partial charge >= 0.3 is 5.97 Å². The van der Waals surface area contributed by atoms with Gasteiger partial charge in [-0.05, 0) is 25.0 Å². The van der Waals surface area contributed by atoms with Gasteiger partial charge in [-0.25, -0.2) is 13.6 Å². The Morgan fingerprint density at radius 2 is 1.78 bits per heavy atom. The first-order valence-electron chi connectivity index (χ1n) is 5.64. The Bertz CT molecular complexity index is 468. The zero-order valence-corrected chi connectivity index (χ0v) is 9.49. The highest BCUT2D eigenvalue weighted by Gasteiger charge is 2.38. The minimum atomic E-state index is -2.69. The molecule has 0 amide bonds. The van der Waals surface area contributed by atoms with Crippen molar-refractivity contribution >= 4 is 11.8 Å². The second-order valence-electron chi connectivity index (χ2n) is 4.46. The highest BCUT2D eigenvalue weighted by molar-refractivity contribution is 5.96. The number of hydrogen-bond acceptors (Lipinski definition) is 3. The van der Waals surface area contributed by atoms with E-state index in [1.807, 2.05) is 0 Å². The Hall–Kier alpha value is -1.72. The van der Waals surface area contributed by atoms with Crippen LogP contribution in [-0.2, 0) is 0 Å². The van der Waals surface area contributed by atoms with Crippen LogP contribution in [0.15, 0.2) is 16.5 Å². The Morgan fingerprint density at radius 1 is 1.22 bits per heavy atom. The molecule has 0 unspecified atom stereocenters. The lowest BCUT2D eigenvalue weighted by atomic mass is 9.83. The summed E-state index contributed by atoms with van der Waals surface area (Å²) in [5, 5.41) is 8.65. The number of Topliss-reactive ketones (excluding diaryl/α,β-unsaturated/α-hetero) is 1. The van der Waals surface area contributed by atoms with Gasteiger partial charge in [0.05, 0.1) is 0 Å². The normalized spacial score (nSPS) is 19.7. The van der Waals surface area contributed by atoms with Crippen molar-refractivity contribution in [2.24, 2.45) is 5.92 Å². The lowest BCUT2D eigenvalue weighted by Crippen LogP contribution is -2.28. The topological polar surface area (TPSA) is 67.5 Å². The van der Waals surface area contributed by atoms with Crippen LogP contribution in [0.1, 0.15) is 46.8 Å². The standard InChI is InChI=1S/C12H12F2O4/c13-12(14)5-3-7(4-6-12)10(15)8-1-2-9(18-8)11(16)17/h1-2,7H,3-6H2,(H,16,17). The summed E-state index contributed by atoms with van der Waals surface area (Å²) in [5.41, 5.74) is 0. The van der Waals surface area contributed by atoms with Gasteiger partial charge in [0, 0.05) is 18.8 Å². The molecule has 0 saturated heterocycles. The molecule has 1 aliphatic carbocycles. The minimum absolute atomic E-state index is 0.0670. The van der Waals surface area contributed by atoms with Gasteiger partial charge in [0.1, 0.15) is 0 Å². The molecule has 1 N–H and O–H groups in total. The average Bonchev–Trinajstić information content (AvgIpc) is 2.77. The summed E-state index contributed by atoms with van der Waals surface area (Å²) in [4.78, 5) is 22.5. The summed E-state index contributed by atoms with van der Waals surface area (Å²) in [6, 6.07) is 2.46. The fraction of sp³-hybridized carbons (Fsp3) is 0.500. The molecule has 1 aliphatic rings. The first kappa shape index (κ1) is 12.7. The fourth-order valence-corrected chi connectivity index (χ4v) is 2.09. The van der Waals surface area contributed by atoms with Crippen molar-refractivity contribution < 1.29 is 27.9 Å². The minimum Gasteiger partial charge on any atom is -0.475 e. The summed E-state index contributed by atoms with van der Waals surface area (Å²) in [6.07, 6.45) is -0.407. The Balaban J connectivity index is 2.05. The Morgan fingerprint density at radius 3 is 2.28 bits per heavy atom. The smallest absolute Gasteiger partial charge is 0.371 e. The van der Waals surface area contributed by atoms with E-state index in [0.29, 0.717) is 0 Å². The van der Waals surface area contributed by atoms with Gasteiger partial charge in [-0.15, -0.1) is 0 Å². The maximum atomic E-state index is 12.9. The number of halogens is 2. The number of carboxylic acids is 1. The van der Waals surface area contributed by atoms with Crippen LogP contribution >= 0.6 is 0 Å². The molecule has 1 aromatic heterocycles. The van der Waals surface area contributed by atoms with Crippen LogP contribution in [0.4, 0.5) is 8.78 Å². The quantitative estimate of drug-likeness (QED) is 0.846. The fourth-order valence-electron chi connectivity index (χ4n) is 2.09. The monoisotopic (exact) mass is 258 g/mol. The Labute approximate surface area is 102 Å². The zero-order valence-electron chi connectivity index (χ0n) is 9.49. The van der Waals surface area contributed by atoms with E-state index in [1.165, 1.54) is 12.1 Å². The van der Waals surface area contributed by atoms with Gasteiger partial charge in [0.25, 0.3) is 0 Å². The number of carbonyl (C=O) groups excluding carboxylic acids is 1. The molecule has 2 rings (SSSR count). The predicted octanol–water partition coefficient (Wildman–Crippen LogP) is 2.99. The van der Waals surface area contributed by atoms with Crippen molar-refractivity contribution in [2.75, 3.05) is 0 Å². The number of ketones is 1. The van der Waals surface area contributed by atoms with E-state index in [-0.39, 0.29) is 37.2 Å². The van der Waals surface area contributed by atoms with Crippen LogP contribution in [0.25, 0.3) is 0 Å². The number of carboxylic acid groups (broad SMARTS) is 1. The molecule has 1 aromatic rings. The predicted molar refractivity (Wildman–Crippen MR) is 56.9 cm³/mol. The van der Waals surface area contributed by atoms with Crippen LogP contribution in [0.3, 0.4) is 0 Å². The number of hydrogen-bond donors (Lipinski definition) is 1. The van der Waals surface area contributed by atoms with Crippen LogP contribution in [0.2, 0.25) is 0 Å². The van der Waals surface area contributed by atoms with Crippen molar-refractivity contribution in [1.29, 1.82) is 0 Å². The van der Waals surface area contributed by atoms with Gasteiger partial charge in [0.2, 0.25) is 17.5 Å². The SMILES string of the molecule is O=C(O)c1ccc(C(=O)C2CCC(F)(F)CC2)o1. The van der Waals surface area contributed by atoms with Crippen molar-refractivity contribution in [3.8, 4) is 0 Å². The van der Waals surface area contributed by atoms with Crippen molar-refractivity contribution in [3.63, 3.8) is 0 Å². The van der Waals surface area contributed by atoms with E-state index in [1.54, 1.807) is 0 Å². The molecule has 18 heavy (non-hydrogen) atoms. The van der Waals surface area contributed by atoms with Crippen molar-refractivity contribution in [1.82, 2.24) is 0 Å². The summed E-state index contributed by atoms with van der Waals surface area (Å²) in [5.74, 6) is -5.23. The van der Waals surface area contributed by atoms with E-state index < -0.39 is 23.6 Å². The molecule has 1 heterocycles. The summed E-state index contributed by atoms with van der Waals surface area (Å²) < 4.78 is 30.8. The van der Waals surface area contributed by atoms with Gasteiger partial charge in [-0.2, -0.15) is 0 Å². The maximum Gasteiger partial charge on any atom is 0.371 e. The van der Waals surface area contributed by atoms with Crippen LogP contribution in [0.5, 0.6) is 0 Å². The second-order valence-corrected chi connectivity index (χ2v) is 4.46. The summed E-state index contributed by atoms with van der Waals surface area (Å²) in [7, 11) is 0. The van der Waals surface area contributed by atoms with E-state index in [2.05, 4.69) is 0 Å². The van der Waals surface area contributed by atoms with E-state index in [9.17, 15) is 18.4 Å². The zero-order chi connectivity index (χ0) is 13.3. The molecule has 0 bridgehead atoms. The lowest BCUT2D eigenvalue weighted by molar-refractivity contribution is -0.0426. The second kappa shape index (κ2) is 4.51. The van der Waals surface area contributed by atoms with E-state index in [4.69, 9.17) is 9.52 Å². The lowest BCUT2D eigenvalue weighted by Gasteiger charge is -2.26. The van der Waals surface area contributed by atoms with Gasteiger partial charge in [-0.1, -0.05) is 0 Å². The van der Waals surface area contributed by atoms with Crippen LogP contribution < -0.4 is 0 Å².